The van der Waals surface area contributed by atoms with Crippen molar-refractivity contribution in [2.24, 2.45) is 4.99 Å². The van der Waals surface area contributed by atoms with Gasteiger partial charge in [-0.1, -0.05) is 0 Å². The number of aliphatic imine (C=N–C) groups is 1. The number of hydrogen-bond acceptors (Lipinski definition) is 4. The van der Waals surface area contributed by atoms with Crippen LogP contribution in [0.5, 0.6) is 0 Å². The number of carbonyl (C=O) groups is 1. The van der Waals surface area contributed by atoms with E-state index in [-0.39, 0.29) is 35.5 Å². The zero-order valence-electron chi connectivity index (χ0n) is 13.9. The molecule has 0 saturated carbocycles. The summed E-state index contributed by atoms with van der Waals surface area (Å²) in [6, 6.07) is 0. The number of nitrogens with one attached hydrogen (secondary N) is 2. The maximum absolute atomic E-state index is 11.2. The van der Waals surface area contributed by atoms with Gasteiger partial charge in [0.15, 0.2) is 5.96 Å². The first-order chi connectivity index (χ1) is 10.1. The maximum atomic E-state index is 11.2. The number of halogens is 1. The summed E-state index contributed by atoms with van der Waals surface area (Å²) in [6.07, 6.45) is 3.33. The van der Waals surface area contributed by atoms with Crippen molar-refractivity contribution in [1.29, 1.82) is 0 Å². The maximum Gasteiger partial charge on any atom is 0.305 e. The van der Waals surface area contributed by atoms with E-state index < -0.39 is 0 Å². The third-order valence-corrected chi connectivity index (χ3v) is 3.37. The summed E-state index contributed by atoms with van der Waals surface area (Å²) >= 11 is 0. The third kappa shape index (κ3) is 8.77. The summed E-state index contributed by atoms with van der Waals surface area (Å²) in [6.45, 7) is 9.38. The van der Waals surface area contributed by atoms with Crippen LogP contribution in [-0.2, 0) is 14.3 Å². The van der Waals surface area contributed by atoms with E-state index in [4.69, 9.17) is 9.47 Å². The second-order valence-electron chi connectivity index (χ2n) is 5.43. The lowest BCUT2D eigenvalue weighted by atomic mass is 10.0. The van der Waals surface area contributed by atoms with Crippen molar-refractivity contribution in [2.45, 2.75) is 52.1 Å². The fourth-order valence-electron chi connectivity index (χ4n) is 2.22. The summed E-state index contributed by atoms with van der Waals surface area (Å²) in [5.74, 6) is 0.631. The largest absolute Gasteiger partial charge is 0.466 e. The van der Waals surface area contributed by atoms with E-state index in [9.17, 15) is 4.79 Å². The highest BCUT2D eigenvalue weighted by molar-refractivity contribution is 14.0. The van der Waals surface area contributed by atoms with Gasteiger partial charge in [-0.2, -0.15) is 0 Å². The van der Waals surface area contributed by atoms with Crippen LogP contribution in [0.4, 0.5) is 0 Å². The molecule has 0 spiro atoms. The fraction of sp³-hybridized carbons (Fsp3) is 0.867. The predicted molar refractivity (Wildman–Crippen MR) is 98.9 cm³/mol. The summed E-state index contributed by atoms with van der Waals surface area (Å²) in [5, 5.41) is 6.44. The van der Waals surface area contributed by atoms with Gasteiger partial charge >= 0.3 is 5.97 Å². The molecule has 1 fully saturated rings. The first kappa shape index (κ1) is 21.4. The molecule has 1 heterocycles. The van der Waals surface area contributed by atoms with Gasteiger partial charge in [-0.25, -0.2) is 0 Å². The molecule has 0 radical (unpaired) electrons. The van der Waals surface area contributed by atoms with Gasteiger partial charge in [-0.3, -0.25) is 9.79 Å². The van der Waals surface area contributed by atoms with Gasteiger partial charge in [0.2, 0.25) is 0 Å². The topological polar surface area (TPSA) is 72.0 Å². The minimum Gasteiger partial charge on any atom is -0.466 e. The number of hydrogen-bond donors (Lipinski definition) is 2. The van der Waals surface area contributed by atoms with Crippen molar-refractivity contribution < 1.29 is 14.3 Å². The molecule has 1 unspecified atom stereocenters. The Hall–Kier alpha value is -0.570. The monoisotopic (exact) mass is 427 g/mol. The third-order valence-electron chi connectivity index (χ3n) is 3.37. The molecule has 1 rings (SSSR count). The number of esters is 1. The van der Waals surface area contributed by atoms with Crippen LogP contribution in [0.25, 0.3) is 0 Å². The van der Waals surface area contributed by atoms with Crippen molar-refractivity contribution in [2.75, 3.05) is 32.8 Å². The van der Waals surface area contributed by atoms with Gasteiger partial charge in [0.25, 0.3) is 0 Å². The Labute approximate surface area is 150 Å². The van der Waals surface area contributed by atoms with Crippen molar-refractivity contribution in [3.8, 4) is 0 Å². The van der Waals surface area contributed by atoms with E-state index in [1.807, 2.05) is 13.8 Å². The quantitative estimate of drug-likeness (QED) is 0.204. The Morgan fingerprint density at radius 2 is 2.14 bits per heavy atom. The standard InChI is InChI=1S/C15H29N3O3.HI/c1-4-16-14(17-10-6-8-13(19)20-5-2)18-12-15(3)9-7-11-21-15;/h4-12H2,1-3H3,(H2,16,17,18);1H. The minimum atomic E-state index is -0.145. The number of nitrogens with zero attached hydrogens (tertiary/aromatic N) is 1. The molecule has 0 bridgehead atoms. The summed E-state index contributed by atoms with van der Waals surface area (Å²) in [7, 11) is 0. The highest BCUT2D eigenvalue weighted by Gasteiger charge is 2.29. The first-order valence-corrected chi connectivity index (χ1v) is 7.91. The van der Waals surface area contributed by atoms with Gasteiger partial charge in [0.05, 0.1) is 18.8 Å². The van der Waals surface area contributed by atoms with Crippen LogP contribution in [0, 0.1) is 0 Å². The van der Waals surface area contributed by atoms with Crippen LogP contribution >= 0.6 is 24.0 Å². The number of rotatable bonds is 8. The van der Waals surface area contributed by atoms with Crippen molar-refractivity contribution in [1.82, 2.24) is 10.6 Å². The van der Waals surface area contributed by atoms with Gasteiger partial charge in [-0.15, -0.1) is 24.0 Å². The normalized spacial score (nSPS) is 21.1. The SMILES string of the molecule is CCNC(=NCC1(C)CCCO1)NCCCC(=O)OCC.I. The minimum absolute atomic E-state index is 0. The van der Waals surface area contributed by atoms with E-state index in [1.165, 1.54) is 0 Å². The zero-order valence-corrected chi connectivity index (χ0v) is 16.3. The lowest BCUT2D eigenvalue weighted by Gasteiger charge is -2.21. The van der Waals surface area contributed by atoms with Crippen LogP contribution in [0.2, 0.25) is 0 Å². The highest BCUT2D eigenvalue weighted by Crippen LogP contribution is 2.24. The fourth-order valence-corrected chi connectivity index (χ4v) is 2.22. The van der Waals surface area contributed by atoms with E-state index in [2.05, 4.69) is 22.5 Å². The molecule has 0 aromatic heterocycles. The highest BCUT2D eigenvalue weighted by atomic mass is 127. The van der Waals surface area contributed by atoms with E-state index >= 15 is 0 Å². The second kappa shape index (κ2) is 11.9. The van der Waals surface area contributed by atoms with Crippen LogP contribution in [0.1, 0.15) is 46.5 Å². The molecule has 22 heavy (non-hydrogen) atoms. The summed E-state index contributed by atoms with van der Waals surface area (Å²) in [4.78, 5) is 15.8. The van der Waals surface area contributed by atoms with Crippen LogP contribution < -0.4 is 10.6 Å². The molecule has 1 atom stereocenters. The van der Waals surface area contributed by atoms with Crippen molar-refractivity contribution in [3.05, 3.63) is 0 Å². The van der Waals surface area contributed by atoms with Crippen molar-refractivity contribution >= 4 is 35.9 Å². The van der Waals surface area contributed by atoms with E-state index in [1.54, 1.807) is 0 Å². The van der Waals surface area contributed by atoms with Gasteiger partial charge in [-0.05, 0) is 40.0 Å². The molecule has 130 valence electrons. The van der Waals surface area contributed by atoms with Gasteiger partial charge in [0, 0.05) is 26.1 Å². The molecule has 0 aromatic carbocycles. The molecule has 6 nitrogen and oxygen atoms in total. The molecular weight excluding hydrogens is 397 g/mol. The molecule has 1 saturated heterocycles. The Kier molecular flexibility index (Phi) is 11.6. The van der Waals surface area contributed by atoms with Crippen LogP contribution in [0.3, 0.4) is 0 Å². The molecule has 1 aliphatic rings. The summed E-state index contributed by atoms with van der Waals surface area (Å²) < 4.78 is 10.6. The Morgan fingerprint density at radius 1 is 1.36 bits per heavy atom. The Morgan fingerprint density at radius 3 is 2.73 bits per heavy atom. The number of ether oxygens (including phenoxy) is 2. The summed E-state index contributed by atoms with van der Waals surface area (Å²) in [5.41, 5.74) is -0.132. The molecule has 0 amide bonds. The number of carbonyl (C=O) groups excluding carboxylic acids is 1. The van der Waals surface area contributed by atoms with E-state index in [0.717, 1.165) is 38.4 Å². The van der Waals surface area contributed by atoms with E-state index in [0.29, 0.717) is 26.1 Å². The molecule has 0 aromatic rings. The lowest BCUT2D eigenvalue weighted by molar-refractivity contribution is -0.143. The van der Waals surface area contributed by atoms with Crippen LogP contribution in [-0.4, -0.2) is 50.4 Å². The average Bonchev–Trinajstić information content (AvgIpc) is 2.88. The molecule has 7 heteroatoms. The molecule has 1 aliphatic heterocycles. The molecular formula is C15H30IN3O3. The first-order valence-electron chi connectivity index (χ1n) is 7.91. The zero-order chi connectivity index (χ0) is 15.6. The smallest absolute Gasteiger partial charge is 0.305 e. The molecule has 0 aliphatic carbocycles. The average molecular weight is 427 g/mol. The molecule has 2 N–H and O–H groups in total. The van der Waals surface area contributed by atoms with Gasteiger partial charge < -0.3 is 20.1 Å². The van der Waals surface area contributed by atoms with Crippen molar-refractivity contribution in [3.63, 3.8) is 0 Å². The predicted octanol–water partition coefficient (Wildman–Crippen LogP) is 2.07. The van der Waals surface area contributed by atoms with Gasteiger partial charge in [0.1, 0.15) is 0 Å². The lowest BCUT2D eigenvalue weighted by Crippen LogP contribution is -2.39. The Balaban J connectivity index is 0.00000441. The van der Waals surface area contributed by atoms with Crippen LogP contribution in [0.15, 0.2) is 4.99 Å². The number of guanidine groups is 1. The Bertz CT molecular complexity index is 345. The second-order valence-corrected chi connectivity index (χ2v) is 5.43.